The van der Waals surface area contributed by atoms with Crippen LogP contribution in [-0.2, 0) is 16.1 Å². The summed E-state index contributed by atoms with van der Waals surface area (Å²) < 4.78 is 5.34. The molecule has 0 bridgehead atoms. The largest absolute Gasteiger partial charge is 0.490 e. The van der Waals surface area contributed by atoms with E-state index in [2.05, 4.69) is 17.2 Å². The highest BCUT2D eigenvalue weighted by atomic mass is 35.5. The second-order valence-corrected chi connectivity index (χ2v) is 5.32. The van der Waals surface area contributed by atoms with Gasteiger partial charge in [-0.15, -0.1) is 0 Å². The molecule has 2 rings (SSSR count). The molecule has 124 valence electrons. The van der Waals surface area contributed by atoms with Crippen LogP contribution in [0.25, 0.3) is 0 Å². The van der Waals surface area contributed by atoms with Crippen LogP contribution in [0.5, 0.6) is 5.75 Å². The maximum Gasteiger partial charge on any atom is 0.313 e. The molecular weight excluding hydrogens is 328 g/mol. The molecule has 0 aromatic heterocycles. The monoisotopic (exact) mass is 344 g/mol. The minimum atomic E-state index is -0.733. The number of ether oxygens (including phenoxy) is 1. The lowest BCUT2D eigenvalue weighted by Crippen LogP contribution is -2.34. The molecule has 24 heavy (non-hydrogen) atoms. The van der Waals surface area contributed by atoms with Crippen molar-refractivity contribution in [2.24, 2.45) is 0 Å². The van der Waals surface area contributed by atoms with Crippen molar-refractivity contribution < 1.29 is 14.3 Å². The minimum absolute atomic E-state index is 0.248. The molecule has 0 atom stereocenters. The first kappa shape index (κ1) is 17.6. The Morgan fingerprint density at radius 3 is 2.33 bits per heavy atom. The van der Waals surface area contributed by atoms with Gasteiger partial charge in [0.05, 0.1) is 0 Å². The molecule has 2 aromatic rings. The van der Waals surface area contributed by atoms with Crippen molar-refractivity contribution in [2.45, 2.75) is 6.54 Å². The van der Waals surface area contributed by atoms with Crippen molar-refractivity contribution in [2.75, 3.05) is 11.9 Å². The Labute approximate surface area is 145 Å². The predicted molar refractivity (Wildman–Crippen MR) is 94.1 cm³/mol. The highest BCUT2D eigenvalue weighted by Crippen LogP contribution is 2.15. The highest BCUT2D eigenvalue weighted by Gasteiger charge is 2.13. The number of carbonyl (C=O) groups is 2. The fourth-order valence-electron chi connectivity index (χ4n) is 1.84. The normalized spacial score (nSPS) is 9.88. The Hall–Kier alpha value is -2.79. The van der Waals surface area contributed by atoms with Crippen molar-refractivity contribution in [3.8, 4) is 5.75 Å². The van der Waals surface area contributed by atoms with Gasteiger partial charge in [-0.25, -0.2) is 0 Å². The Bertz CT molecular complexity index is 712. The summed E-state index contributed by atoms with van der Waals surface area (Å²) in [6, 6.07) is 13.7. The number of rotatable bonds is 6. The van der Waals surface area contributed by atoms with Crippen molar-refractivity contribution in [3.05, 3.63) is 71.8 Å². The number of hydrogen-bond acceptors (Lipinski definition) is 3. The van der Waals surface area contributed by atoms with E-state index >= 15 is 0 Å². The average molecular weight is 345 g/mol. The quantitative estimate of drug-likeness (QED) is 0.625. The van der Waals surface area contributed by atoms with Crippen molar-refractivity contribution in [1.82, 2.24) is 5.32 Å². The van der Waals surface area contributed by atoms with Crippen LogP contribution in [0.3, 0.4) is 0 Å². The Morgan fingerprint density at radius 2 is 1.71 bits per heavy atom. The first-order chi connectivity index (χ1) is 11.6. The van der Waals surface area contributed by atoms with E-state index in [0.717, 1.165) is 5.56 Å². The number of benzene rings is 2. The molecule has 0 saturated carbocycles. The summed E-state index contributed by atoms with van der Waals surface area (Å²) in [5.41, 5.74) is 1.36. The van der Waals surface area contributed by atoms with Crippen LogP contribution in [0.2, 0.25) is 5.02 Å². The van der Waals surface area contributed by atoms with Crippen molar-refractivity contribution >= 4 is 29.1 Å². The summed E-state index contributed by atoms with van der Waals surface area (Å²) in [7, 11) is 0. The van der Waals surface area contributed by atoms with E-state index in [-0.39, 0.29) is 6.54 Å². The van der Waals surface area contributed by atoms with Crippen LogP contribution in [0.1, 0.15) is 5.56 Å². The molecule has 0 saturated heterocycles. The van der Waals surface area contributed by atoms with Crippen LogP contribution in [0.4, 0.5) is 5.69 Å². The van der Waals surface area contributed by atoms with E-state index in [1.54, 1.807) is 54.6 Å². The second kappa shape index (κ2) is 8.74. The van der Waals surface area contributed by atoms with Gasteiger partial charge in [-0.3, -0.25) is 9.59 Å². The second-order valence-electron chi connectivity index (χ2n) is 4.89. The fourth-order valence-corrected chi connectivity index (χ4v) is 1.97. The van der Waals surface area contributed by atoms with Crippen LogP contribution in [0, 0.1) is 0 Å². The highest BCUT2D eigenvalue weighted by molar-refractivity contribution is 6.39. The Kier molecular flexibility index (Phi) is 6.40. The third kappa shape index (κ3) is 5.44. The smallest absolute Gasteiger partial charge is 0.313 e. The zero-order valence-corrected chi connectivity index (χ0v) is 13.7. The molecule has 0 aliphatic carbocycles. The molecule has 0 spiro atoms. The van der Waals surface area contributed by atoms with Gasteiger partial charge in [0.15, 0.2) is 0 Å². The molecule has 6 heteroatoms. The van der Waals surface area contributed by atoms with Gasteiger partial charge in [0.25, 0.3) is 0 Å². The van der Waals surface area contributed by atoms with Gasteiger partial charge in [0, 0.05) is 17.3 Å². The molecule has 0 unspecified atom stereocenters. The standard InChI is InChI=1S/C18H17ClN2O3/c1-2-11-24-16-9-7-15(8-10-16)21-18(23)17(22)20-12-13-3-5-14(19)6-4-13/h2-10H,1,11-12H2,(H,20,22)(H,21,23). The van der Waals surface area contributed by atoms with Gasteiger partial charge in [0.2, 0.25) is 0 Å². The molecule has 5 nitrogen and oxygen atoms in total. The van der Waals surface area contributed by atoms with E-state index in [1.165, 1.54) is 0 Å². The van der Waals surface area contributed by atoms with E-state index < -0.39 is 11.8 Å². The number of nitrogens with one attached hydrogen (secondary N) is 2. The van der Waals surface area contributed by atoms with Gasteiger partial charge in [-0.1, -0.05) is 36.4 Å². The van der Waals surface area contributed by atoms with Crippen molar-refractivity contribution in [3.63, 3.8) is 0 Å². The van der Waals surface area contributed by atoms with E-state index in [1.807, 2.05) is 0 Å². The van der Waals surface area contributed by atoms with E-state index in [9.17, 15) is 9.59 Å². The zero-order chi connectivity index (χ0) is 17.4. The molecule has 2 aromatic carbocycles. The van der Waals surface area contributed by atoms with Gasteiger partial charge in [-0.05, 0) is 42.0 Å². The lowest BCUT2D eigenvalue weighted by molar-refractivity contribution is -0.136. The van der Waals surface area contributed by atoms with Crippen LogP contribution < -0.4 is 15.4 Å². The third-order valence-corrected chi connectivity index (χ3v) is 3.30. The van der Waals surface area contributed by atoms with E-state index in [0.29, 0.717) is 23.1 Å². The average Bonchev–Trinajstić information content (AvgIpc) is 2.60. The molecule has 2 N–H and O–H groups in total. The summed E-state index contributed by atoms with van der Waals surface area (Å²) in [5.74, 6) is -0.791. The first-order valence-electron chi connectivity index (χ1n) is 7.26. The molecule has 0 radical (unpaired) electrons. The Morgan fingerprint density at radius 1 is 1.04 bits per heavy atom. The van der Waals surface area contributed by atoms with Gasteiger partial charge < -0.3 is 15.4 Å². The van der Waals surface area contributed by atoms with Crippen LogP contribution in [0.15, 0.2) is 61.2 Å². The SMILES string of the molecule is C=CCOc1ccc(NC(=O)C(=O)NCc2ccc(Cl)cc2)cc1. The molecule has 0 fully saturated rings. The topological polar surface area (TPSA) is 67.4 Å². The van der Waals surface area contributed by atoms with Gasteiger partial charge >= 0.3 is 11.8 Å². The fraction of sp³-hybridized carbons (Fsp3) is 0.111. The lowest BCUT2D eigenvalue weighted by atomic mass is 10.2. The molecule has 2 amide bonds. The summed E-state index contributed by atoms with van der Waals surface area (Å²) in [6.45, 7) is 4.21. The third-order valence-electron chi connectivity index (χ3n) is 3.05. The number of hydrogen-bond donors (Lipinski definition) is 2. The first-order valence-corrected chi connectivity index (χ1v) is 7.63. The number of amides is 2. The van der Waals surface area contributed by atoms with E-state index in [4.69, 9.17) is 16.3 Å². The summed E-state index contributed by atoms with van der Waals surface area (Å²) >= 11 is 5.79. The minimum Gasteiger partial charge on any atom is -0.490 e. The van der Waals surface area contributed by atoms with Crippen LogP contribution >= 0.6 is 11.6 Å². The molecule has 0 heterocycles. The van der Waals surface area contributed by atoms with Gasteiger partial charge in [0.1, 0.15) is 12.4 Å². The maximum atomic E-state index is 11.9. The van der Waals surface area contributed by atoms with Crippen molar-refractivity contribution in [1.29, 1.82) is 0 Å². The van der Waals surface area contributed by atoms with Gasteiger partial charge in [-0.2, -0.15) is 0 Å². The maximum absolute atomic E-state index is 11.9. The lowest BCUT2D eigenvalue weighted by Gasteiger charge is -2.08. The Balaban J connectivity index is 1.83. The molecular formula is C18H17ClN2O3. The number of anilines is 1. The molecule has 0 aliphatic heterocycles. The summed E-state index contributed by atoms with van der Waals surface area (Å²) in [6.07, 6.45) is 1.64. The predicted octanol–water partition coefficient (Wildman–Crippen LogP) is 3.16. The van der Waals surface area contributed by atoms with Crippen LogP contribution in [-0.4, -0.2) is 18.4 Å². The molecule has 0 aliphatic rings. The number of carbonyl (C=O) groups excluding carboxylic acids is 2. The summed E-state index contributed by atoms with van der Waals surface area (Å²) in [4.78, 5) is 23.7. The zero-order valence-electron chi connectivity index (χ0n) is 12.9. The summed E-state index contributed by atoms with van der Waals surface area (Å²) in [5, 5.41) is 5.68. The number of halogens is 1.